The predicted octanol–water partition coefficient (Wildman–Crippen LogP) is 6.23. The number of aromatic amines is 2. The van der Waals surface area contributed by atoms with E-state index in [1.165, 1.54) is 7.11 Å². The maximum atomic E-state index is 12.9. The lowest BCUT2D eigenvalue weighted by Crippen LogP contribution is -2.02. The van der Waals surface area contributed by atoms with Crippen LogP contribution >= 0.6 is 12.4 Å². The Labute approximate surface area is 213 Å². The highest BCUT2D eigenvalue weighted by atomic mass is 35.5. The molecule has 0 unspecified atom stereocenters. The maximum absolute atomic E-state index is 12.9. The molecule has 8 heteroatoms. The largest absolute Gasteiger partial charge is 0.494 e. The average molecular weight is 502 g/mol. The lowest BCUT2D eigenvalue weighted by molar-refractivity contribution is -0.140. The molecule has 0 atom stereocenters. The maximum Gasteiger partial charge on any atom is 0.305 e. The number of rotatable bonds is 13. The molecule has 2 N–H and O–H groups in total. The van der Waals surface area contributed by atoms with Gasteiger partial charge in [0.05, 0.1) is 25.6 Å². The summed E-state index contributed by atoms with van der Waals surface area (Å²) in [5.41, 5.74) is 5.94. The fraction of sp³-hybridized carbons (Fsp3) is 0.444. The summed E-state index contributed by atoms with van der Waals surface area (Å²) < 4.78 is 10.2. The molecule has 1 aliphatic heterocycles. The van der Waals surface area contributed by atoms with E-state index >= 15 is 0 Å². The minimum absolute atomic E-state index is 0. The molecule has 3 rings (SSSR count). The fourth-order valence-corrected chi connectivity index (χ4v) is 4.27. The van der Waals surface area contributed by atoms with Crippen molar-refractivity contribution in [2.45, 2.75) is 65.2 Å². The van der Waals surface area contributed by atoms with E-state index in [1.54, 1.807) is 7.11 Å². The highest BCUT2D eigenvalue weighted by molar-refractivity contribution is 6.11. The zero-order valence-corrected chi connectivity index (χ0v) is 21.8. The normalized spacial score (nSPS) is 13.9. The molecule has 3 heterocycles. The lowest BCUT2D eigenvalue weighted by atomic mass is 10.00. The molecular weight excluding hydrogens is 466 g/mol. The average Bonchev–Trinajstić information content (AvgIpc) is 3.55. The van der Waals surface area contributed by atoms with Crippen LogP contribution in [0, 0.1) is 13.8 Å². The molecule has 0 saturated heterocycles. The minimum atomic E-state index is -0.145. The molecule has 2 aromatic heterocycles. The lowest BCUT2D eigenvalue weighted by Gasteiger charge is -2.04. The molecule has 0 fully saturated rings. The molecule has 1 aliphatic rings. The molecule has 2 aromatic rings. The third-order valence-corrected chi connectivity index (χ3v) is 6.15. The summed E-state index contributed by atoms with van der Waals surface area (Å²) in [5, 5.41) is 0. The van der Waals surface area contributed by atoms with Gasteiger partial charge in [0, 0.05) is 42.1 Å². The Morgan fingerprint density at radius 1 is 1.03 bits per heavy atom. The van der Waals surface area contributed by atoms with Gasteiger partial charge in [0.25, 0.3) is 0 Å². The summed E-state index contributed by atoms with van der Waals surface area (Å²) in [6.45, 7) is 3.92. The minimum Gasteiger partial charge on any atom is -0.494 e. The first-order valence-corrected chi connectivity index (χ1v) is 11.9. The molecule has 0 amide bonds. The van der Waals surface area contributed by atoms with Crippen LogP contribution < -0.4 is 0 Å². The number of ketones is 1. The highest BCUT2D eigenvalue weighted by Gasteiger charge is 2.20. The van der Waals surface area contributed by atoms with Gasteiger partial charge in [-0.1, -0.05) is 25.7 Å². The number of Topliss-reactive ketones (excluding diaryl/α,β-unsaturated/α-hetero) is 1. The second-order valence-corrected chi connectivity index (χ2v) is 8.61. The van der Waals surface area contributed by atoms with Gasteiger partial charge in [0.15, 0.2) is 5.78 Å². The molecule has 0 radical (unpaired) electrons. The summed E-state index contributed by atoms with van der Waals surface area (Å²) in [4.78, 5) is 35.3. The number of aromatic nitrogens is 2. The number of ether oxygens (including phenoxy) is 2. The number of unbranched alkanes of at least 4 members (excludes halogenated alkanes) is 5. The van der Waals surface area contributed by atoms with Gasteiger partial charge in [-0.05, 0) is 50.5 Å². The molecule has 7 nitrogen and oxygen atoms in total. The number of nitrogens with zero attached hydrogens (tertiary/aromatic N) is 1. The first kappa shape index (κ1) is 28.2. The fourth-order valence-electron chi connectivity index (χ4n) is 4.27. The van der Waals surface area contributed by atoms with Crippen molar-refractivity contribution in [3.63, 3.8) is 0 Å². The van der Waals surface area contributed by atoms with Crippen LogP contribution in [0.1, 0.15) is 84.4 Å². The third kappa shape index (κ3) is 7.46. The summed E-state index contributed by atoms with van der Waals surface area (Å²) in [5.74, 6) is 0.717. The molecule has 0 bridgehead atoms. The van der Waals surface area contributed by atoms with E-state index in [1.807, 2.05) is 44.3 Å². The van der Waals surface area contributed by atoms with E-state index in [4.69, 9.17) is 9.73 Å². The number of H-pyrrole nitrogens is 2. The molecule has 0 spiro atoms. The Balaban J connectivity index is 0.00000432. The number of esters is 1. The van der Waals surface area contributed by atoms with Crippen LogP contribution in [0.4, 0.5) is 0 Å². The smallest absolute Gasteiger partial charge is 0.305 e. The molecule has 190 valence electrons. The van der Waals surface area contributed by atoms with Crippen molar-refractivity contribution >= 4 is 35.9 Å². The van der Waals surface area contributed by atoms with Crippen LogP contribution in [0.2, 0.25) is 0 Å². The zero-order chi connectivity index (χ0) is 24.5. The quantitative estimate of drug-likeness (QED) is 0.193. The first-order chi connectivity index (χ1) is 16.4. The number of carbonyl (C=O) groups excluding carboxylic acids is 2. The number of hydrogen-bond donors (Lipinski definition) is 2. The Hall–Kier alpha value is -3.06. The molecule has 0 saturated carbocycles. The van der Waals surface area contributed by atoms with Crippen LogP contribution in [0.15, 0.2) is 40.9 Å². The summed E-state index contributed by atoms with van der Waals surface area (Å²) in [6.07, 6.45) is 12.7. The van der Waals surface area contributed by atoms with Crippen molar-refractivity contribution < 1.29 is 19.1 Å². The SMILES string of the molecule is COC(=O)CCCCCCCCC(=O)c1c(C)[nH]c(/C=C2\N=C(c3ccc[nH]3)C=C2OC)c1C.Cl. The van der Waals surface area contributed by atoms with Gasteiger partial charge in [-0.15, -0.1) is 12.4 Å². The van der Waals surface area contributed by atoms with Crippen LogP contribution in [0.3, 0.4) is 0 Å². The number of aryl methyl sites for hydroxylation is 1. The van der Waals surface area contributed by atoms with Crippen molar-refractivity contribution in [2.75, 3.05) is 14.2 Å². The van der Waals surface area contributed by atoms with E-state index in [-0.39, 0.29) is 24.2 Å². The Kier molecular flexibility index (Phi) is 11.1. The molecule has 35 heavy (non-hydrogen) atoms. The van der Waals surface area contributed by atoms with E-state index < -0.39 is 0 Å². The second-order valence-electron chi connectivity index (χ2n) is 8.61. The van der Waals surface area contributed by atoms with Gasteiger partial charge in [-0.3, -0.25) is 9.59 Å². The standard InChI is InChI=1S/C27H35N3O4.ClH/c1-18-21(16-23-25(33-3)17-22(30-23)20-12-11-15-28-20)29-19(2)27(18)24(31)13-9-7-5-6-8-10-14-26(32)34-4;/h11-12,15-17,28-29H,5-10,13-14H2,1-4H3;1H/b23-16-;. The van der Waals surface area contributed by atoms with Crippen LogP contribution in [-0.2, 0) is 14.3 Å². The second kappa shape index (κ2) is 13.7. The van der Waals surface area contributed by atoms with Crippen LogP contribution in [0.5, 0.6) is 0 Å². The Bertz CT molecular complexity index is 1090. The highest BCUT2D eigenvalue weighted by Crippen LogP contribution is 2.28. The van der Waals surface area contributed by atoms with E-state index in [9.17, 15) is 9.59 Å². The summed E-state index contributed by atoms with van der Waals surface area (Å²) in [6, 6.07) is 3.90. The van der Waals surface area contributed by atoms with E-state index in [2.05, 4.69) is 14.7 Å². The number of methoxy groups -OCH3 is 2. The predicted molar refractivity (Wildman–Crippen MR) is 141 cm³/mol. The molecule has 0 aliphatic carbocycles. The molecule has 0 aromatic carbocycles. The van der Waals surface area contributed by atoms with Crippen molar-refractivity contribution in [2.24, 2.45) is 4.99 Å². The monoisotopic (exact) mass is 501 g/mol. The van der Waals surface area contributed by atoms with Gasteiger partial charge in [-0.25, -0.2) is 4.99 Å². The number of halogens is 1. The Morgan fingerprint density at radius 3 is 2.34 bits per heavy atom. The van der Waals surface area contributed by atoms with Gasteiger partial charge in [0.1, 0.15) is 11.5 Å². The summed E-state index contributed by atoms with van der Waals surface area (Å²) >= 11 is 0. The first-order valence-electron chi connectivity index (χ1n) is 11.9. The van der Waals surface area contributed by atoms with Crippen molar-refractivity contribution in [1.29, 1.82) is 0 Å². The number of carbonyl (C=O) groups is 2. The van der Waals surface area contributed by atoms with E-state index in [0.29, 0.717) is 18.6 Å². The molecular formula is C27H36ClN3O4. The van der Waals surface area contributed by atoms with Gasteiger partial charge in [0.2, 0.25) is 0 Å². The zero-order valence-electron chi connectivity index (χ0n) is 21.0. The topological polar surface area (TPSA) is 96.5 Å². The van der Waals surface area contributed by atoms with Crippen molar-refractivity contribution in [1.82, 2.24) is 9.97 Å². The Morgan fingerprint density at radius 2 is 1.71 bits per heavy atom. The van der Waals surface area contributed by atoms with Crippen molar-refractivity contribution in [3.8, 4) is 0 Å². The number of nitrogens with one attached hydrogen (secondary N) is 2. The number of allylic oxidation sites excluding steroid dienone is 1. The van der Waals surface area contributed by atoms with Gasteiger partial charge in [-0.2, -0.15) is 0 Å². The number of hydrogen-bond acceptors (Lipinski definition) is 5. The van der Waals surface area contributed by atoms with Crippen LogP contribution in [0.25, 0.3) is 6.08 Å². The number of aliphatic imine (C=N–C) groups is 1. The van der Waals surface area contributed by atoms with Gasteiger partial charge < -0.3 is 19.4 Å². The van der Waals surface area contributed by atoms with Gasteiger partial charge >= 0.3 is 5.97 Å². The van der Waals surface area contributed by atoms with E-state index in [0.717, 1.165) is 78.1 Å². The van der Waals surface area contributed by atoms with Crippen LogP contribution in [-0.4, -0.2) is 41.7 Å². The third-order valence-electron chi connectivity index (χ3n) is 6.15. The summed E-state index contributed by atoms with van der Waals surface area (Å²) in [7, 11) is 3.05. The van der Waals surface area contributed by atoms with Crippen molar-refractivity contribution in [3.05, 3.63) is 64.1 Å².